The van der Waals surface area contributed by atoms with Gasteiger partial charge in [-0.2, -0.15) is 16.7 Å². The summed E-state index contributed by atoms with van der Waals surface area (Å²) in [4.78, 5) is 4.29. The van der Waals surface area contributed by atoms with Gasteiger partial charge in [0.2, 0.25) is 5.89 Å². The molecule has 0 saturated carbocycles. The molecule has 0 fully saturated rings. The van der Waals surface area contributed by atoms with Crippen LogP contribution in [0.15, 0.2) is 34.9 Å². The van der Waals surface area contributed by atoms with Crippen molar-refractivity contribution < 1.29 is 4.52 Å². The second-order valence-corrected chi connectivity index (χ2v) is 4.98. The first kappa shape index (κ1) is 13.1. The van der Waals surface area contributed by atoms with Crippen LogP contribution in [0.4, 0.5) is 0 Å². The molecule has 0 unspecified atom stereocenters. The molecule has 0 aliphatic rings. The van der Waals surface area contributed by atoms with Crippen molar-refractivity contribution in [1.82, 2.24) is 10.1 Å². The van der Waals surface area contributed by atoms with Crippen LogP contribution in [0, 0.1) is 0 Å². The summed E-state index contributed by atoms with van der Waals surface area (Å²) in [5.41, 5.74) is 7.32. The average Bonchev–Trinajstić information content (AvgIpc) is 2.86. The normalized spacial score (nSPS) is 12.6. The van der Waals surface area contributed by atoms with Crippen LogP contribution in [0.1, 0.15) is 29.7 Å². The number of hydrogen-bond donors (Lipinski definition) is 1. The first-order chi connectivity index (χ1) is 8.79. The molecular formula is C13H17N3OS. The van der Waals surface area contributed by atoms with E-state index in [1.165, 1.54) is 5.56 Å². The predicted molar refractivity (Wildman–Crippen MR) is 73.2 cm³/mol. The lowest BCUT2D eigenvalue weighted by molar-refractivity contribution is 0.346. The number of benzene rings is 1. The molecule has 0 aliphatic heterocycles. The molecule has 0 radical (unpaired) electrons. The lowest BCUT2D eigenvalue weighted by atomic mass is 10.1. The molecule has 0 amide bonds. The Morgan fingerprint density at radius 1 is 1.33 bits per heavy atom. The lowest BCUT2D eigenvalue weighted by Gasteiger charge is -2.06. The lowest BCUT2D eigenvalue weighted by Crippen LogP contribution is -2.11. The van der Waals surface area contributed by atoms with E-state index >= 15 is 0 Å². The maximum Gasteiger partial charge on any atom is 0.243 e. The highest BCUT2D eigenvalue weighted by Crippen LogP contribution is 2.16. The third-order valence-electron chi connectivity index (χ3n) is 2.66. The first-order valence-electron chi connectivity index (χ1n) is 5.90. The number of nitrogens with zero attached hydrogens (tertiary/aromatic N) is 2. The van der Waals surface area contributed by atoms with Crippen molar-refractivity contribution in [3.05, 3.63) is 47.6 Å². The third kappa shape index (κ3) is 3.58. The van der Waals surface area contributed by atoms with Crippen molar-refractivity contribution >= 4 is 11.8 Å². The van der Waals surface area contributed by atoms with Gasteiger partial charge in [-0.25, -0.2) is 0 Å². The molecule has 1 heterocycles. The van der Waals surface area contributed by atoms with Crippen LogP contribution in [0.25, 0.3) is 0 Å². The Bertz CT molecular complexity index is 472. The largest absolute Gasteiger partial charge is 0.338 e. The monoisotopic (exact) mass is 263 g/mol. The molecule has 2 rings (SSSR count). The highest BCUT2D eigenvalue weighted by atomic mass is 32.2. The van der Waals surface area contributed by atoms with E-state index in [2.05, 4.69) is 22.3 Å². The molecule has 96 valence electrons. The van der Waals surface area contributed by atoms with Gasteiger partial charge in [-0.3, -0.25) is 0 Å². The van der Waals surface area contributed by atoms with E-state index < -0.39 is 0 Å². The molecule has 1 aromatic heterocycles. The van der Waals surface area contributed by atoms with Crippen LogP contribution < -0.4 is 5.73 Å². The maximum atomic E-state index is 6.05. The Kier molecular flexibility index (Phi) is 4.78. The molecule has 0 spiro atoms. The number of thioether (sulfide) groups is 1. The highest BCUT2D eigenvalue weighted by Gasteiger charge is 2.14. The van der Waals surface area contributed by atoms with E-state index in [1.807, 2.05) is 24.5 Å². The predicted octanol–water partition coefficient (Wildman–Crippen LogP) is 2.57. The molecular weight excluding hydrogens is 246 g/mol. The van der Waals surface area contributed by atoms with Gasteiger partial charge in [0.05, 0.1) is 11.8 Å². The molecule has 2 N–H and O–H groups in total. The molecule has 1 aromatic carbocycles. The number of hydrogen-bond acceptors (Lipinski definition) is 5. The molecule has 0 aliphatic carbocycles. The Balaban J connectivity index is 1.89. The van der Waals surface area contributed by atoms with Crippen molar-refractivity contribution in [2.24, 2.45) is 5.73 Å². The summed E-state index contributed by atoms with van der Waals surface area (Å²) in [7, 11) is 0. The van der Waals surface area contributed by atoms with E-state index in [0.717, 1.165) is 18.6 Å². The Morgan fingerprint density at radius 3 is 2.83 bits per heavy atom. The minimum absolute atomic E-state index is 0.187. The van der Waals surface area contributed by atoms with Crippen molar-refractivity contribution in [3.63, 3.8) is 0 Å². The number of aryl methyl sites for hydroxylation is 1. The van der Waals surface area contributed by atoms with Crippen molar-refractivity contribution in [2.75, 3.05) is 6.26 Å². The SMILES string of the molecule is CSCc1noc([C@@H](N)CCc2ccccc2)n1. The zero-order valence-electron chi connectivity index (χ0n) is 10.4. The highest BCUT2D eigenvalue weighted by molar-refractivity contribution is 7.97. The number of nitrogens with two attached hydrogens (primary N) is 1. The van der Waals surface area contributed by atoms with Gasteiger partial charge in [0.1, 0.15) is 0 Å². The van der Waals surface area contributed by atoms with E-state index in [1.54, 1.807) is 11.8 Å². The quantitative estimate of drug-likeness (QED) is 0.867. The van der Waals surface area contributed by atoms with Gasteiger partial charge in [0, 0.05) is 0 Å². The van der Waals surface area contributed by atoms with Gasteiger partial charge in [-0.15, -0.1) is 0 Å². The molecule has 1 atom stereocenters. The fourth-order valence-corrected chi connectivity index (χ4v) is 2.07. The fourth-order valence-electron chi connectivity index (χ4n) is 1.70. The molecule has 2 aromatic rings. The summed E-state index contributed by atoms with van der Waals surface area (Å²) in [5.74, 6) is 2.01. The van der Waals surface area contributed by atoms with Gasteiger partial charge in [-0.05, 0) is 24.7 Å². The summed E-state index contributed by atoms with van der Waals surface area (Å²) in [6.45, 7) is 0. The molecule has 5 heteroatoms. The van der Waals surface area contributed by atoms with Gasteiger partial charge in [0.15, 0.2) is 5.82 Å². The van der Waals surface area contributed by atoms with E-state index in [4.69, 9.17) is 10.3 Å². The van der Waals surface area contributed by atoms with E-state index in [0.29, 0.717) is 11.7 Å². The smallest absolute Gasteiger partial charge is 0.243 e. The number of rotatable bonds is 6. The summed E-state index contributed by atoms with van der Waals surface area (Å²) in [5, 5.41) is 3.90. The van der Waals surface area contributed by atoms with Crippen LogP contribution in [0.2, 0.25) is 0 Å². The van der Waals surface area contributed by atoms with Gasteiger partial charge < -0.3 is 10.3 Å². The van der Waals surface area contributed by atoms with Crippen molar-refractivity contribution in [3.8, 4) is 0 Å². The van der Waals surface area contributed by atoms with Gasteiger partial charge in [-0.1, -0.05) is 35.5 Å². The minimum atomic E-state index is -0.187. The summed E-state index contributed by atoms with van der Waals surface area (Å²) in [6, 6.07) is 10.1. The second-order valence-electron chi connectivity index (χ2n) is 4.11. The van der Waals surface area contributed by atoms with Crippen molar-refractivity contribution in [2.45, 2.75) is 24.6 Å². The van der Waals surface area contributed by atoms with Crippen LogP contribution in [-0.4, -0.2) is 16.4 Å². The van der Waals surface area contributed by atoms with Crippen LogP contribution in [0.5, 0.6) is 0 Å². The van der Waals surface area contributed by atoms with Crippen LogP contribution in [-0.2, 0) is 12.2 Å². The standard InChI is InChI=1S/C13H17N3OS/c1-18-9-12-15-13(17-16-12)11(14)8-7-10-5-3-2-4-6-10/h2-6,11H,7-9,14H2,1H3/t11-/m0/s1. The zero-order chi connectivity index (χ0) is 12.8. The molecule has 18 heavy (non-hydrogen) atoms. The van der Waals surface area contributed by atoms with E-state index in [9.17, 15) is 0 Å². The molecule has 4 nitrogen and oxygen atoms in total. The molecule has 0 saturated heterocycles. The van der Waals surface area contributed by atoms with E-state index in [-0.39, 0.29) is 6.04 Å². The second kappa shape index (κ2) is 6.56. The van der Waals surface area contributed by atoms with Crippen LogP contribution >= 0.6 is 11.8 Å². The fraction of sp³-hybridized carbons (Fsp3) is 0.385. The van der Waals surface area contributed by atoms with Gasteiger partial charge in [0.25, 0.3) is 0 Å². The number of aromatic nitrogens is 2. The summed E-state index contributed by atoms with van der Waals surface area (Å²) >= 11 is 1.66. The Morgan fingerprint density at radius 2 is 2.11 bits per heavy atom. The Hall–Kier alpha value is -1.33. The summed E-state index contributed by atoms with van der Waals surface area (Å²) in [6.07, 6.45) is 3.73. The summed E-state index contributed by atoms with van der Waals surface area (Å²) < 4.78 is 5.17. The van der Waals surface area contributed by atoms with Crippen molar-refractivity contribution in [1.29, 1.82) is 0 Å². The topological polar surface area (TPSA) is 64.9 Å². The zero-order valence-corrected chi connectivity index (χ0v) is 11.2. The maximum absolute atomic E-state index is 6.05. The van der Waals surface area contributed by atoms with Gasteiger partial charge >= 0.3 is 0 Å². The first-order valence-corrected chi connectivity index (χ1v) is 7.30. The minimum Gasteiger partial charge on any atom is -0.338 e. The Labute approximate surface area is 111 Å². The average molecular weight is 263 g/mol. The molecule has 0 bridgehead atoms. The van der Waals surface area contributed by atoms with Crippen LogP contribution in [0.3, 0.4) is 0 Å². The third-order valence-corrected chi connectivity index (χ3v) is 3.21.